The maximum Gasteiger partial charge on any atom is 0.416 e. The number of ether oxygens (including phenoxy) is 2. The average molecular weight is 494 g/mol. The van der Waals surface area contributed by atoms with Crippen LogP contribution in [0.4, 0.5) is 23.7 Å². The zero-order chi connectivity index (χ0) is 25.3. The van der Waals surface area contributed by atoms with Crippen LogP contribution in [0.25, 0.3) is 0 Å². The van der Waals surface area contributed by atoms with Crippen molar-refractivity contribution in [3.63, 3.8) is 0 Å². The third-order valence-electron chi connectivity index (χ3n) is 6.10. The van der Waals surface area contributed by atoms with Gasteiger partial charge in [-0.15, -0.1) is 0 Å². The molecule has 13 heteroatoms. The molecule has 0 aromatic heterocycles. The first-order chi connectivity index (χ1) is 16.7. The number of hydrazine groups is 3. The van der Waals surface area contributed by atoms with Crippen LogP contribution in [0.1, 0.15) is 16.7 Å². The Labute approximate surface area is 199 Å². The highest BCUT2D eigenvalue weighted by atomic mass is 19.4. The summed E-state index contributed by atoms with van der Waals surface area (Å²) in [6.45, 7) is 1.02. The third kappa shape index (κ3) is 4.75. The Hall–Kier alpha value is -3.39. The topological polar surface area (TPSA) is 107 Å². The van der Waals surface area contributed by atoms with E-state index in [9.17, 15) is 22.8 Å². The molecule has 10 nitrogen and oxygen atoms in total. The van der Waals surface area contributed by atoms with Gasteiger partial charge in [-0.05, 0) is 36.2 Å². The molecule has 188 valence electrons. The van der Waals surface area contributed by atoms with E-state index >= 15 is 0 Å². The summed E-state index contributed by atoms with van der Waals surface area (Å²) in [5.74, 6) is -0.460. The van der Waals surface area contributed by atoms with Gasteiger partial charge in [0.25, 0.3) is 0 Å². The van der Waals surface area contributed by atoms with E-state index in [1.807, 2.05) is 0 Å². The largest absolute Gasteiger partial charge is 0.493 e. The molecular formula is C22H25F3N6O4. The second-order valence-corrected chi connectivity index (χ2v) is 8.07. The van der Waals surface area contributed by atoms with Gasteiger partial charge in [-0.2, -0.15) is 24.2 Å². The minimum atomic E-state index is -4.56. The third-order valence-corrected chi connectivity index (χ3v) is 6.10. The molecule has 4 N–H and O–H groups in total. The first-order valence-corrected chi connectivity index (χ1v) is 10.7. The summed E-state index contributed by atoms with van der Waals surface area (Å²) in [6, 6.07) is 7.93. The van der Waals surface area contributed by atoms with E-state index in [0.717, 1.165) is 11.0 Å². The number of rotatable bonds is 6. The van der Waals surface area contributed by atoms with Crippen LogP contribution in [-0.2, 0) is 17.5 Å². The maximum absolute atomic E-state index is 13.5. The number of methoxy groups -OCH3 is 2. The Kier molecular flexibility index (Phi) is 6.85. The number of carbonyl (C=O) groups is 2. The predicted octanol–water partition coefficient (Wildman–Crippen LogP) is 2.06. The van der Waals surface area contributed by atoms with Crippen molar-refractivity contribution >= 4 is 17.6 Å². The Morgan fingerprint density at radius 2 is 1.71 bits per heavy atom. The van der Waals surface area contributed by atoms with Crippen molar-refractivity contribution in [1.82, 2.24) is 26.8 Å². The molecule has 0 aliphatic carbocycles. The summed E-state index contributed by atoms with van der Waals surface area (Å²) in [5.41, 5.74) is 10.8. The lowest BCUT2D eigenvalue weighted by Gasteiger charge is -2.40. The lowest BCUT2D eigenvalue weighted by Crippen LogP contribution is -2.62. The summed E-state index contributed by atoms with van der Waals surface area (Å²) in [6.07, 6.45) is -5.15. The fraction of sp³-hybridized carbons (Fsp3) is 0.364. The molecule has 35 heavy (non-hydrogen) atoms. The smallest absolute Gasteiger partial charge is 0.416 e. The zero-order valence-corrected chi connectivity index (χ0v) is 19.2. The van der Waals surface area contributed by atoms with Crippen LogP contribution >= 0.6 is 0 Å². The van der Waals surface area contributed by atoms with Crippen LogP contribution in [0, 0.1) is 12.8 Å². The number of hydrogen-bond donors (Lipinski definition) is 4. The molecule has 2 heterocycles. The minimum Gasteiger partial charge on any atom is -0.493 e. The van der Waals surface area contributed by atoms with Gasteiger partial charge in [-0.25, -0.2) is 15.6 Å². The normalized spacial score (nSPS) is 19.4. The highest BCUT2D eigenvalue weighted by Crippen LogP contribution is 2.36. The number of nitrogens with zero attached hydrogens (tertiary/aromatic N) is 2. The monoisotopic (exact) mass is 494 g/mol. The predicted molar refractivity (Wildman–Crippen MR) is 119 cm³/mol. The quantitative estimate of drug-likeness (QED) is 0.484. The van der Waals surface area contributed by atoms with E-state index < -0.39 is 35.8 Å². The second kappa shape index (κ2) is 9.70. The highest BCUT2D eigenvalue weighted by Gasteiger charge is 2.45. The van der Waals surface area contributed by atoms with Crippen LogP contribution in [0.3, 0.4) is 0 Å². The van der Waals surface area contributed by atoms with Gasteiger partial charge in [0.1, 0.15) is 0 Å². The fourth-order valence-corrected chi connectivity index (χ4v) is 4.19. The van der Waals surface area contributed by atoms with Crippen molar-refractivity contribution in [3.8, 4) is 11.5 Å². The summed E-state index contributed by atoms with van der Waals surface area (Å²) in [5, 5.41) is 0. The van der Waals surface area contributed by atoms with Crippen LogP contribution in [0.5, 0.6) is 11.5 Å². The Bertz CT molecular complexity index is 1120. The van der Waals surface area contributed by atoms with Gasteiger partial charge >= 0.3 is 12.2 Å². The number of amides is 3. The van der Waals surface area contributed by atoms with Crippen LogP contribution in [0.2, 0.25) is 0 Å². The van der Waals surface area contributed by atoms with Gasteiger partial charge in [-0.1, -0.05) is 12.1 Å². The number of urea groups is 1. The van der Waals surface area contributed by atoms with Crippen LogP contribution in [0.15, 0.2) is 36.4 Å². The SMILES string of the molecule is COc1ccc(N2CC(C3NNNN3)C(=O)N(Cc3cccc(C(F)(F)F)c3C)C2=O)cc1OC. The number of hydrogen-bond acceptors (Lipinski definition) is 8. The van der Waals surface area contributed by atoms with Gasteiger partial charge in [0, 0.05) is 18.3 Å². The Morgan fingerprint density at radius 1 is 1.03 bits per heavy atom. The number of imide groups is 1. The average Bonchev–Trinajstić information content (AvgIpc) is 3.36. The molecule has 3 amide bonds. The van der Waals surface area contributed by atoms with E-state index in [1.165, 1.54) is 38.2 Å². The molecule has 4 rings (SSSR count). The van der Waals surface area contributed by atoms with Crippen molar-refractivity contribution < 1.29 is 32.2 Å². The Morgan fingerprint density at radius 3 is 2.34 bits per heavy atom. The molecule has 1 atom stereocenters. The van der Waals surface area contributed by atoms with E-state index in [1.54, 1.807) is 18.2 Å². The second-order valence-electron chi connectivity index (χ2n) is 8.07. The van der Waals surface area contributed by atoms with E-state index in [-0.39, 0.29) is 24.2 Å². The molecule has 0 radical (unpaired) electrons. The van der Waals surface area contributed by atoms with Gasteiger partial charge in [0.2, 0.25) is 5.91 Å². The number of anilines is 1. The van der Waals surface area contributed by atoms with Gasteiger partial charge in [0.15, 0.2) is 11.5 Å². The number of benzene rings is 2. The maximum atomic E-state index is 13.5. The van der Waals surface area contributed by atoms with Gasteiger partial charge < -0.3 is 9.47 Å². The lowest BCUT2D eigenvalue weighted by atomic mass is 9.98. The lowest BCUT2D eigenvalue weighted by molar-refractivity contribution is -0.138. The molecule has 2 fully saturated rings. The van der Waals surface area contributed by atoms with Crippen molar-refractivity contribution in [2.75, 3.05) is 25.7 Å². The fourth-order valence-electron chi connectivity index (χ4n) is 4.19. The molecule has 0 spiro atoms. The first kappa shape index (κ1) is 24.7. The van der Waals surface area contributed by atoms with Crippen molar-refractivity contribution in [2.24, 2.45) is 5.92 Å². The molecule has 2 aromatic rings. The molecule has 2 aliphatic heterocycles. The van der Waals surface area contributed by atoms with Crippen LogP contribution < -0.4 is 36.3 Å². The van der Waals surface area contributed by atoms with Gasteiger partial charge in [0.05, 0.1) is 38.4 Å². The number of carbonyl (C=O) groups excluding carboxylic acids is 2. The van der Waals surface area contributed by atoms with Crippen LogP contribution in [-0.4, -0.2) is 43.8 Å². The van der Waals surface area contributed by atoms with E-state index in [2.05, 4.69) is 21.9 Å². The number of alkyl halides is 3. The van der Waals surface area contributed by atoms with Crippen molar-refractivity contribution in [1.29, 1.82) is 0 Å². The molecule has 2 saturated heterocycles. The highest BCUT2D eigenvalue weighted by molar-refractivity contribution is 6.06. The van der Waals surface area contributed by atoms with Crippen molar-refractivity contribution in [3.05, 3.63) is 53.1 Å². The van der Waals surface area contributed by atoms with E-state index in [4.69, 9.17) is 9.47 Å². The minimum absolute atomic E-state index is 0.0131. The molecule has 0 bridgehead atoms. The molecule has 2 aromatic carbocycles. The van der Waals surface area contributed by atoms with Crippen molar-refractivity contribution in [2.45, 2.75) is 25.8 Å². The summed E-state index contributed by atoms with van der Waals surface area (Å²) in [7, 11) is 2.94. The molecule has 0 saturated carbocycles. The van der Waals surface area contributed by atoms with E-state index in [0.29, 0.717) is 17.2 Å². The summed E-state index contributed by atoms with van der Waals surface area (Å²) in [4.78, 5) is 29.3. The first-order valence-electron chi connectivity index (χ1n) is 10.7. The summed E-state index contributed by atoms with van der Waals surface area (Å²) >= 11 is 0. The summed E-state index contributed by atoms with van der Waals surface area (Å²) < 4.78 is 50.9. The van der Waals surface area contributed by atoms with Gasteiger partial charge in [-0.3, -0.25) is 14.6 Å². The molecule has 2 aliphatic rings. The molecule has 1 unspecified atom stereocenters. The zero-order valence-electron chi connectivity index (χ0n) is 19.2. The number of halogens is 3. The molecular weight excluding hydrogens is 469 g/mol. The number of nitrogens with one attached hydrogen (secondary N) is 4. The Balaban J connectivity index is 1.72. The standard InChI is InChI=1S/C22H25F3N6O4/c1-12-13(5-4-6-16(12)22(23,24)25)10-31-20(32)15(19-26-28-29-27-19)11-30(21(31)33)14-7-8-17(34-2)18(9-14)35-3/h4-9,15,19,26-29H,10-11H2,1-3H3.